The minimum absolute atomic E-state index is 0.240. The molecule has 0 bridgehead atoms. The standard InChI is InChI=1S/C4H3FSSe2/c5-1-3-2-7-4(6)8-3/h2H,1H2. The van der Waals surface area contributed by atoms with Gasteiger partial charge in [0.05, 0.1) is 0 Å². The van der Waals surface area contributed by atoms with E-state index in [2.05, 4.69) is 0 Å². The average molecular weight is 260 g/mol. The fraction of sp³-hybridized carbons (Fsp3) is 0.250. The van der Waals surface area contributed by atoms with Gasteiger partial charge in [0.1, 0.15) is 0 Å². The van der Waals surface area contributed by atoms with Crippen LogP contribution in [0.3, 0.4) is 0 Å². The summed E-state index contributed by atoms with van der Waals surface area (Å²) >= 11 is 5.50. The van der Waals surface area contributed by atoms with Crippen LogP contribution in [-0.4, -0.2) is 29.0 Å². The Bertz CT molecular complexity index is 214. The van der Waals surface area contributed by atoms with Gasteiger partial charge in [-0.3, -0.25) is 0 Å². The fourth-order valence-corrected chi connectivity index (χ4v) is 5.77. The van der Waals surface area contributed by atoms with Crippen molar-refractivity contribution in [2.75, 3.05) is 0 Å². The van der Waals surface area contributed by atoms with E-state index in [9.17, 15) is 4.39 Å². The van der Waals surface area contributed by atoms with Gasteiger partial charge in [-0.15, -0.1) is 0 Å². The van der Waals surface area contributed by atoms with Crippen LogP contribution in [0, 0.1) is 2.26 Å². The first-order chi connectivity index (χ1) is 3.83. The molecule has 0 unspecified atom stereocenters. The molecule has 8 heavy (non-hydrogen) atoms. The molecule has 44 valence electrons. The van der Waals surface area contributed by atoms with E-state index < -0.39 is 0 Å². The first-order valence-corrected chi connectivity index (χ1v) is 5.93. The fourth-order valence-electron chi connectivity index (χ4n) is 0.328. The second-order valence-electron chi connectivity index (χ2n) is 1.19. The minimum atomic E-state index is -0.276. The summed E-state index contributed by atoms with van der Waals surface area (Å²) in [7, 11) is 0. The normalized spacial score (nSPS) is 9.62. The molecular formula is C4H3FSSe2. The van der Waals surface area contributed by atoms with Crippen LogP contribution in [0.5, 0.6) is 0 Å². The molecule has 1 aromatic rings. The van der Waals surface area contributed by atoms with Gasteiger partial charge in [-0.2, -0.15) is 0 Å². The van der Waals surface area contributed by atoms with Gasteiger partial charge in [0, 0.05) is 0 Å². The van der Waals surface area contributed by atoms with Gasteiger partial charge in [0.25, 0.3) is 0 Å². The van der Waals surface area contributed by atoms with Crippen LogP contribution in [0.2, 0.25) is 0 Å². The molecule has 0 saturated carbocycles. The Balaban J connectivity index is 3.01. The van der Waals surface area contributed by atoms with Crippen LogP contribution >= 0.6 is 12.2 Å². The summed E-state index contributed by atoms with van der Waals surface area (Å²) < 4.78 is 13.8. The summed E-state index contributed by atoms with van der Waals surface area (Å²) in [6.45, 7) is -0.276. The van der Waals surface area contributed by atoms with E-state index in [0.29, 0.717) is 14.5 Å². The van der Waals surface area contributed by atoms with E-state index in [4.69, 9.17) is 12.2 Å². The third-order valence-electron chi connectivity index (χ3n) is 0.633. The zero-order valence-corrected chi connectivity index (χ0v) is 8.13. The van der Waals surface area contributed by atoms with Crippen LogP contribution in [0.25, 0.3) is 0 Å². The molecule has 0 N–H and O–H groups in total. The Hall–Kier alpha value is 0.799. The molecule has 0 fully saturated rings. The summed E-state index contributed by atoms with van der Waals surface area (Å²) in [5, 5.41) is 0. The number of rotatable bonds is 1. The van der Waals surface area contributed by atoms with Gasteiger partial charge < -0.3 is 0 Å². The molecule has 0 spiro atoms. The van der Waals surface area contributed by atoms with Gasteiger partial charge in [-0.25, -0.2) is 0 Å². The maximum absolute atomic E-state index is 11.8. The van der Waals surface area contributed by atoms with E-state index in [1.54, 1.807) is 0 Å². The maximum atomic E-state index is 11.8. The molecule has 1 heterocycles. The van der Waals surface area contributed by atoms with Crippen molar-refractivity contribution in [2.24, 2.45) is 0 Å². The van der Waals surface area contributed by atoms with Crippen LogP contribution in [-0.2, 0) is 6.67 Å². The van der Waals surface area contributed by atoms with E-state index in [1.165, 1.54) is 0 Å². The molecule has 0 amide bonds. The predicted molar refractivity (Wildman–Crippen MR) is 36.0 cm³/mol. The summed E-state index contributed by atoms with van der Waals surface area (Å²) in [6, 6.07) is 0. The quantitative estimate of drug-likeness (QED) is 0.536. The monoisotopic (exact) mass is 262 g/mol. The van der Waals surface area contributed by atoms with Crippen molar-refractivity contribution in [2.45, 2.75) is 6.67 Å². The van der Waals surface area contributed by atoms with Gasteiger partial charge in [-0.05, 0) is 0 Å². The first-order valence-electron chi connectivity index (χ1n) is 1.96. The third kappa shape index (κ3) is 1.64. The zero-order valence-electron chi connectivity index (χ0n) is 3.89. The van der Waals surface area contributed by atoms with Crippen molar-refractivity contribution in [3.63, 3.8) is 0 Å². The van der Waals surface area contributed by atoms with Gasteiger partial charge in [-0.1, -0.05) is 0 Å². The predicted octanol–water partition coefficient (Wildman–Crippen LogP) is 1.000. The molecular weight excluding hydrogens is 257 g/mol. The number of halogens is 1. The van der Waals surface area contributed by atoms with Crippen molar-refractivity contribution in [1.29, 1.82) is 0 Å². The summed E-state index contributed by atoms with van der Waals surface area (Å²) in [5.74, 6) is 0. The molecule has 0 aliphatic carbocycles. The molecule has 0 saturated heterocycles. The van der Waals surface area contributed by atoms with Crippen LogP contribution < -0.4 is 0 Å². The van der Waals surface area contributed by atoms with Crippen LogP contribution in [0.4, 0.5) is 4.39 Å². The van der Waals surface area contributed by atoms with Gasteiger partial charge in [0.15, 0.2) is 0 Å². The van der Waals surface area contributed by atoms with Crippen molar-refractivity contribution in [3.05, 3.63) is 11.6 Å². The molecule has 1 aromatic heterocycles. The van der Waals surface area contributed by atoms with Crippen LogP contribution in [0.1, 0.15) is 4.44 Å². The topological polar surface area (TPSA) is 0 Å². The molecule has 0 aromatic carbocycles. The van der Waals surface area contributed by atoms with E-state index in [1.807, 2.05) is 4.94 Å². The number of alkyl halides is 1. The molecule has 4 heteroatoms. The van der Waals surface area contributed by atoms with E-state index in [0.717, 1.165) is 6.70 Å². The van der Waals surface area contributed by atoms with Crippen molar-refractivity contribution >= 4 is 41.2 Å². The number of hydrogen-bond donors (Lipinski definition) is 0. The van der Waals surface area contributed by atoms with Gasteiger partial charge in [0.2, 0.25) is 0 Å². The van der Waals surface area contributed by atoms with Crippen molar-refractivity contribution in [3.8, 4) is 0 Å². The zero-order chi connectivity index (χ0) is 5.98. The Morgan fingerprint density at radius 3 is 2.75 bits per heavy atom. The molecule has 1 rings (SSSR count). The summed E-state index contributed by atoms with van der Waals surface area (Å²) in [6.07, 6.45) is 0. The summed E-state index contributed by atoms with van der Waals surface area (Å²) in [4.78, 5) is 1.97. The molecule has 0 nitrogen and oxygen atoms in total. The summed E-state index contributed by atoms with van der Waals surface area (Å²) in [5.41, 5.74) is 0. The molecule has 0 radical (unpaired) electrons. The molecule has 0 aliphatic heterocycles. The second kappa shape index (κ2) is 3.09. The van der Waals surface area contributed by atoms with Gasteiger partial charge >= 0.3 is 63.9 Å². The molecule has 0 atom stereocenters. The average Bonchev–Trinajstić information content (AvgIpc) is 2.14. The first kappa shape index (κ1) is 6.91. The van der Waals surface area contributed by atoms with Crippen LogP contribution in [0.15, 0.2) is 4.94 Å². The Morgan fingerprint density at radius 2 is 2.50 bits per heavy atom. The van der Waals surface area contributed by atoms with E-state index >= 15 is 0 Å². The SMILES string of the molecule is FCc1c[se]c(=S)[se]1. The van der Waals surface area contributed by atoms with Crippen molar-refractivity contribution < 1.29 is 4.39 Å². The Morgan fingerprint density at radius 1 is 1.75 bits per heavy atom. The Kier molecular flexibility index (Phi) is 2.67. The molecule has 0 aliphatic rings. The third-order valence-corrected chi connectivity index (χ3v) is 6.90. The van der Waals surface area contributed by atoms with Crippen molar-refractivity contribution in [1.82, 2.24) is 0 Å². The second-order valence-corrected chi connectivity index (χ2v) is 8.30. The number of hydrogen-bond acceptors (Lipinski definition) is 1. The van der Waals surface area contributed by atoms with E-state index in [-0.39, 0.29) is 21.2 Å². The Labute approximate surface area is 63.8 Å².